The Morgan fingerprint density at radius 3 is 1.36 bits per heavy atom. The number of aliphatic carboxylic acids is 1. The van der Waals surface area contributed by atoms with Crippen LogP contribution in [0.1, 0.15) is 184 Å². The van der Waals surface area contributed by atoms with Crippen LogP contribution in [0.3, 0.4) is 0 Å². The van der Waals surface area contributed by atoms with Crippen LogP contribution in [0.15, 0.2) is 72.8 Å². The van der Waals surface area contributed by atoms with Crippen LogP contribution in [-0.2, 0) is 66.7 Å². The van der Waals surface area contributed by atoms with Crippen LogP contribution in [0, 0.1) is 47.3 Å². The summed E-state index contributed by atoms with van der Waals surface area (Å²) in [5.41, 5.74) is 0. The second kappa shape index (κ2) is 43.4. The van der Waals surface area contributed by atoms with Crippen LogP contribution >= 0.6 is 0 Å². The Kier molecular flexibility index (Phi) is 38.6. The summed E-state index contributed by atoms with van der Waals surface area (Å²) in [5, 5.41) is 22.6. The van der Waals surface area contributed by atoms with Gasteiger partial charge in [-0.05, 0) is 118 Å². The van der Waals surface area contributed by atoms with Crippen LogP contribution in [0.5, 0.6) is 0 Å². The van der Waals surface area contributed by atoms with Crippen LogP contribution in [0.2, 0.25) is 5.04 Å². The first kappa shape index (κ1) is 95.2. The molecule has 0 aliphatic carbocycles. The standard InChI is InChI=1S/C81H134N10O15Si/c1-29-31-38-53(13)70(106-58(18)92)69(73(96)85-62(30-2)80(103)104)91(28)79(102)67(52(11)12)89(26)78(101)65(45-50(7)8)88(25)77(100)64(44-49(5)6)87(24)75(98)57(17)84-71(94)55(15)83-72(95)63(43-48(3)4)86(23)76(99)61(51(9)10)46-66(93)68(90(27)74(97)56(16)82-22)54(14)47-105-107(81(19,20)21,59-39-34-32-35-40-59)60-41-36-33-37-42-60/h29,31-37,39-42,48-57,61-65,67-70,82H,30,38,43-47H2,1-28H3,(H,83,95)(H,84,94)(H,85,96)(H,103,104)/b31-29+/t53-,54+,55+,56-,57-,61+,62+,63+,64+,65+,67+,68+,69+,70-/m1/s1. The molecule has 0 spiro atoms. The number of nitrogens with zero attached hydrogens (tertiary/aromatic N) is 6. The first-order chi connectivity index (χ1) is 49.6. The Balaban J connectivity index is 2.55. The highest BCUT2D eigenvalue weighted by Crippen LogP contribution is 2.38. The number of carboxylic acid groups (broad SMARTS) is 1. The van der Waals surface area contributed by atoms with Gasteiger partial charge in [0.25, 0.3) is 8.32 Å². The highest BCUT2D eigenvalue weighted by molar-refractivity contribution is 6.99. The van der Waals surface area contributed by atoms with Crippen LogP contribution in [0.4, 0.5) is 0 Å². The normalized spacial score (nSPS) is 16.0. The molecule has 602 valence electrons. The number of hydrogen-bond donors (Lipinski definition) is 5. The van der Waals surface area contributed by atoms with Crippen molar-refractivity contribution in [2.45, 2.75) is 255 Å². The van der Waals surface area contributed by atoms with Gasteiger partial charge in [0.2, 0.25) is 53.2 Å². The minimum atomic E-state index is -3.12. The summed E-state index contributed by atoms with van der Waals surface area (Å²) in [6.07, 6.45) is 2.76. The summed E-state index contributed by atoms with van der Waals surface area (Å²) < 4.78 is 13.1. The molecule has 0 aromatic heterocycles. The van der Waals surface area contributed by atoms with Crippen molar-refractivity contribution in [3.63, 3.8) is 0 Å². The molecule has 0 heterocycles. The zero-order valence-corrected chi connectivity index (χ0v) is 70.7. The molecule has 0 fully saturated rings. The molecule has 2 aromatic carbocycles. The number of carbonyl (C=O) groups is 12. The maximum Gasteiger partial charge on any atom is 0.326 e. The molecule has 14 atom stereocenters. The van der Waals surface area contributed by atoms with Crippen LogP contribution in [0.25, 0.3) is 0 Å². The van der Waals surface area contributed by atoms with E-state index in [1.807, 2.05) is 98.7 Å². The summed E-state index contributed by atoms with van der Waals surface area (Å²) >= 11 is 0. The van der Waals surface area contributed by atoms with E-state index in [9.17, 15) is 38.7 Å². The maximum absolute atomic E-state index is 15.2. The summed E-state index contributed by atoms with van der Waals surface area (Å²) in [6.45, 7) is 37.6. The fraction of sp³-hybridized carbons (Fsp3) is 0.679. The van der Waals surface area contributed by atoms with Gasteiger partial charge in [-0.15, -0.1) is 0 Å². The van der Waals surface area contributed by atoms with Gasteiger partial charge < -0.3 is 64.9 Å². The average Bonchev–Trinajstić information content (AvgIpc) is 0.746. The lowest BCUT2D eigenvalue weighted by Crippen LogP contribution is -2.67. The van der Waals surface area contributed by atoms with E-state index in [0.29, 0.717) is 6.42 Å². The lowest BCUT2D eigenvalue weighted by Gasteiger charge is -2.44. The largest absolute Gasteiger partial charge is 0.480 e. The lowest BCUT2D eigenvalue weighted by atomic mass is 9.84. The Labute approximate surface area is 640 Å². The van der Waals surface area contributed by atoms with Gasteiger partial charge in [0.1, 0.15) is 54.4 Å². The summed E-state index contributed by atoms with van der Waals surface area (Å²) in [4.78, 5) is 180. The number of likely N-dealkylation sites (N-methyl/N-ethyl adjacent to an activating group) is 7. The van der Waals surface area contributed by atoms with Crippen molar-refractivity contribution in [2.75, 3.05) is 55.9 Å². The van der Waals surface area contributed by atoms with E-state index < -0.39 is 164 Å². The highest BCUT2D eigenvalue weighted by Gasteiger charge is 2.52. The van der Waals surface area contributed by atoms with Crippen molar-refractivity contribution < 1.29 is 71.8 Å². The second-order valence-electron chi connectivity index (χ2n) is 32.3. The Hall–Kier alpha value is -7.84. The van der Waals surface area contributed by atoms with E-state index in [-0.39, 0.29) is 73.2 Å². The van der Waals surface area contributed by atoms with Crippen LogP contribution < -0.4 is 31.6 Å². The smallest absolute Gasteiger partial charge is 0.326 e. The fourth-order valence-corrected chi connectivity index (χ4v) is 18.8. The van der Waals surface area contributed by atoms with Gasteiger partial charge in [-0.3, -0.25) is 52.7 Å². The van der Waals surface area contributed by atoms with Crippen LogP contribution in [-0.4, -0.2) is 236 Å². The first-order valence-electron chi connectivity index (χ1n) is 38.1. The maximum atomic E-state index is 15.2. The number of Topliss-reactive ketones (excluding diaryl/α,β-unsaturated/α-hetero) is 1. The third-order valence-corrected chi connectivity index (χ3v) is 25.5. The molecule has 0 aliphatic rings. The number of esters is 1. The number of carboxylic acids is 1. The molecule has 0 saturated carbocycles. The SMILES string of the molecule is C/C=C/C[C@@H](C)[C@@H](OC(C)=O)[C@@H](C(=O)N[C@@H](CC)C(=O)O)N(C)C(=O)[C@H](C(C)C)N(C)C(=O)[C@H](CC(C)C)N(C)C(=O)[C@H](CC(C)C)N(C)C(=O)[C@@H](C)NC(=O)[C@H](C)NC(=O)[C@H](CC(C)C)N(C)C(=O)[C@@H](CC(=O)[C@H]([C@@H](C)CO[Si](c1ccccc1)(c1ccccc1)C(C)(C)C)N(C)C(=O)[C@@H](C)NC)C(C)C. The number of hydrogen-bond acceptors (Lipinski definition) is 15. The molecule has 0 bridgehead atoms. The molecule has 5 N–H and O–H groups in total. The number of ether oxygens (including phenoxy) is 1. The third-order valence-electron chi connectivity index (χ3n) is 20.5. The van der Waals surface area contributed by atoms with Gasteiger partial charge in [-0.2, -0.15) is 0 Å². The molecule has 9 amide bonds. The number of rotatable bonds is 43. The fourth-order valence-electron chi connectivity index (χ4n) is 14.1. The van der Waals surface area contributed by atoms with Gasteiger partial charge in [0.05, 0.1) is 12.1 Å². The van der Waals surface area contributed by atoms with E-state index in [0.717, 1.165) is 22.2 Å². The molecule has 2 aromatic rings. The van der Waals surface area contributed by atoms with Gasteiger partial charge in [-0.25, -0.2) is 4.79 Å². The molecule has 0 aliphatic heterocycles. The Bertz CT molecular complexity index is 3270. The number of carbonyl (C=O) groups excluding carboxylic acids is 11. The molecule has 107 heavy (non-hydrogen) atoms. The highest BCUT2D eigenvalue weighted by atomic mass is 28.4. The van der Waals surface area contributed by atoms with Gasteiger partial charge in [0, 0.05) is 74.1 Å². The molecular weight excluding hydrogens is 1380 g/mol. The molecule has 0 unspecified atom stereocenters. The van der Waals surface area contributed by atoms with Gasteiger partial charge in [-0.1, -0.05) is 184 Å². The summed E-state index contributed by atoms with van der Waals surface area (Å²) in [7, 11) is 7.27. The van der Waals surface area contributed by atoms with Crippen molar-refractivity contribution in [1.82, 2.24) is 50.7 Å². The first-order valence-corrected chi connectivity index (χ1v) is 40.0. The van der Waals surface area contributed by atoms with Crippen molar-refractivity contribution in [3.05, 3.63) is 72.8 Å². The average molecular weight is 1520 g/mol. The van der Waals surface area contributed by atoms with E-state index >= 15 is 24.0 Å². The zero-order chi connectivity index (χ0) is 82.2. The van der Waals surface area contributed by atoms with Gasteiger partial charge in [0.15, 0.2) is 5.78 Å². The third kappa shape index (κ3) is 25.9. The zero-order valence-electron chi connectivity index (χ0n) is 69.7. The topological polar surface area (TPSA) is 311 Å². The van der Waals surface area contributed by atoms with E-state index in [4.69, 9.17) is 9.16 Å². The molecule has 0 saturated heterocycles. The number of allylic oxidation sites excluding steroid dienone is 2. The van der Waals surface area contributed by atoms with Crippen molar-refractivity contribution >= 4 is 89.6 Å². The lowest BCUT2D eigenvalue weighted by molar-refractivity contribution is -0.164. The van der Waals surface area contributed by atoms with E-state index in [1.54, 1.807) is 67.8 Å². The van der Waals surface area contributed by atoms with Crippen molar-refractivity contribution in [3.8, 4) is 0 Å². The number of ketones is 1. The summed E-state index contributed by atoms with van der Waals surface area (Å²) in [6, 6.07) is 8.28. The van der Waals surface area contributed by atoms with Crippen molar-refractivity contribution in [2.24, 2.45) is 47.3 Å². The molecular formula is C81H134N10O15Si. The van der Waals surface area contributed by atoms with Crippen molar-refractivity contribution in [1.29, 1.82) is 0 Å². The van der Waals surface area contributed by atoms with E-state index in [2.05, 4.69) is 66.3 Å². The monoisotopic (exact) mass is 1510 g/mol. The molecule has 2 rings (SSSR count). The number of amides is 9. The second-order valence-corrected chi connectivity index (χ2v) is 36.6. The predicted molar refractivity (Wildman–Crippen MR) is 421 cm³/mol. The Morgan fingerprint density at radius 2 is 0.935 bits per heavy atom. The van der Waals surface area contributed by atoms with E-state index in [1.165, 1.54) is 73.6 Å². The molecule has 25 nitrogen and oxygen atoms in total. The minimum Gasteiger partial charge on any atom is -0.480 e. The number of nitrogens with one attached hydrogen (secondary N) is 4. The van der Waals surface area contributed by atoms with Gasteiger partial charge >= 0.3 is 11.9 Å². The predicted octanol–water partition coefficient (Wildman–Crippen LogP) is 7.32. The summed E-state index contributed by atoms with van der Waals surface area (Å²) in [5.74, 6) is -11.8. The Morgan fingerprint density at radius 1 is 0.505 bits per heavy atom. The molecule has 0 radical (unpaired) electrons. The minimum absolute atomic E-state index is 0.000724. The molecule has 26 heteroatoms. The quantitative estimate of drug-likeness (QED) is 0.0247. The number of benzene rings is 2.